The minimum absolute atomic E-state index is 0.831. The molecule has 0 saturated carbocycles. The summed E-state index contributed by atoms with van der Waals surface area (Å²) < 4.78 is 0. The van der Waals surface area contributed by atoms with Crippen LogP contribution in [0, 0.1) is 0 Å². The van der Waals surface area contributed by atoms with Gasteiger partial charge in [0, 0.05) is 25.6 Å². The third kappa shape index (κ3) is 3.12. The minimum Gasteiger partial charge on any atom is -0.101 e. The van der Waals surface area contributed by atoms with Gasteiger partial charge in [0.25, 0.3) is 0 Å². The second-order valence-corrected chi connectivity index (χ2v) is 4.21. The van der Waals surface area contributed by atoms with Gasteiger partial charge in [0.2, 0.25) is 0 Å². The summed E-state index contributed by atoms with van der Waals surface area (Å²) in [5.74, 6) is 0. The highest BCUT2D eigenvalue weighted by molar-refractivity contribution is 7.91. The Bertz CT molecular complexity index is 74.7. The molecule has 0 rings (SSSR count). The number of hydrogen-bond donors (Lipinski definition) is 0. The highest BCUT2D eigenvalue weighted by Gasteiger charge is 2.25. The maximum Gasteiger partial charge on any atom is 0.0560 e. The molecule has 0 aromatic heterocycles. The zero-order valence-electron chi connectivity index (χ0n) is 8.31. The van der Waals surface area contributed by atoms with E-state index < -0.39 is 0 Å². The first-order valence-electron chi connectivity index (χ1n) is 4.46. The van der Waals surface area contributed by atoms with Crippen molar-refractivity contribution in [3.63, 3.8) is 0 Å². The molecule has 10 heavy (non-hydrogen) atoms. The lowest BCUT2D eigenvalue weighted by atomic mass is 8.64. The first-order chi connectivity index (χ1) is 4.46. The van der Waals surface area contributed by atoms with Crippen LogP contribution in [0.2, 0.25) is 6.82 Å². The van der Waals surface area contributed by atoms with E-state index in [1.165, 1.54) is 0 Å². The Morgan fingerprint density at radius 2 is 1.20 bits per heavy atom. The molecule has 0 spiro atoms. The molecule has 0 aromatic carbocycles. The summed E-state index contributed by atoms with van der Waals surface area (Å²) in [6.45, 7) is 3.22. The molecule has 0 aromatic rings. The Morgan fingerprint density at radius 1 is 0.800 bits per heavy atom. The Morgan fingerprint density at radius 3 is 1.30 bits per heavy atom. The maximum absolute atomic E-state index is 2.36. The van der Waals surface area contributed by atoms with E-state index in [1.54, 1.807) is 0 Å². The summed E-state index contributed by atoms with van der Waals surface area (Å²) in [5, 5.41) is 0. The first kappa shape index (κ1) is 10.6. The van der Waals surface area contributed by atoms with Gasteiger partial charge in [-0.05, 0) is 0 Å². The van der Waals surface area contributed by atoms with E-state index >= 15 is 0 Å². The van der Waals surface area contributed by atoms with E-state index in [2.05, 4.69) is 45.5 Å². The molecule has 0 bridgehead atoms. The molecule has 0 aliphatic heterocycles. The van der Waals surface area contributed by atoms with Gasteiger partial charge in [-0.2, -0.15) is 0 Å². The van der Waals surface area contributed by atoms with E-state index in [9.17, 15) is 0 Å². The van der Waals surface area contributed by atoms with Crippen LogP contribution in [0.4, 0.5) is 0 Å². The lowest BCUT2D eigenvalue weighted by Crippen LogP contribution is -2.57. The van der Waals surface area contributed by atoms with Gasteiger partial charge in [-0.3, -0.25) is 0 Å². The van der Waals surface area contributed by atoms with Gasteiger partial charge in [0.1, 0.15) is 0 Å². The van der Waals surface area contributed by atoms with Crippen LogP contribution in [0.25, 0.3) is 0 Å². The molecule has 0 unspecified atom stereocenters. The van der Waals surface area contributed by atoms with Crippen molar-refractivity contribution in [2.75, 3.05) is 0 Å². The van der Waals surface area contributed by atoms with Gasteiger partial charge < -0.3 is 0 Å². The molecular weight excluding hydrogens is 109 g/mol. The lowest BCUT2D eigenvalue weighted by molar-refractivity contribution is 2.33. The summed E-state index contributed by atoms with van der Waals surface area (Å²) in [7, 11) is 11.6. The average Bonchev–Trinajstić information content (AvgIpc) is 1.84. The Kier molecular flexibility index (Phi) is 4.72. The second kappa shape index (κ2) is 4.46. The topological polar surface area (TPSA) is 0 Å². The van der Waals surface area contributed by atoms with Crippen molar-refractivity contribution in [3.8, 4) is 0 Å². The standard InChI is InChI=1S/CH13B9/c1-7(8(2)3)10(6)9(4)5/h2-6H2,1H3. The van der Waals surface area contributed by atoms with Crippen LogP contribution in [-0.2, 0) is 0 Å². The largest absolute Gasteiger partial charge is 0.101 e. The van der Waals surface area contributed by atoms with Gasteiger partial charge in [-0.25, -0.2) is 0 Å². The van der Waals surface area contributed by atoms with E-state index in [4.69, 9.17) is 0 Å². The summed E-state index contributed by atoms with van der Waals surface area (Å²) in [4.78, 5) is 0. The molecule has 0 saturated heterocycles. The van der Waals surface area contributed by atoms with Gasteiger partial charge >= 0.3 is 0 Å². The summed E-state index contributed by atoms with van der Waals surface area (Å²) in [6.07, 6.45) is 2.52. The van der Waals surface area contributed by atoms with E-state index in [0.29, 0.717) is 0 Å². The van der Waals surface area contributed by atoms with Crippen LogP contribution in [0.5, 0.6) is 0 Å². The highest BCUT2D eigenvalue weighted by Crippen LogP contribution is 1.88. The summed E-state index contributed by atoms with van der Waals surface area (Å²) >= 11 is 0. The van der Waals surface area contributed by atoms with E-state index in [-0.39, 0.29) is 0 Å². The predicted octanol–water partition coefficient (Wildman–Crippen LogP) is -5.52. The molecule has 0 aliphatic carbocycles. The van der Waals surface area contributed by atoms with E-state index in [0.717, 1.165) is 25.6 Å². The van der Waals surface area contributed by atoms with Crippen molar-refractivity contribution in [3.05, 3.63) is 0 Å². The Hall–Kier alpha value is 0.584. The van der Waals surface area contributed by atoms with Crippen molar-refractivity contribution >= 4 is 64.3 Å². The van der Waals surface area contributed by atoms with Crippen molar-refractivity contribution in [2.24, 2.45) is 0 Å². The molecule has 0 heterocycles. The van der Waals surface area contributed by atoms with Crippen molar-refractivity contribution in [1.29, 1.82) is 0 Å². The van der Waals surface area contributed by atoms with Gasteiger partial charge in [-0.15, -0.1) is 6.82 Å². The molecule has 0 aliphatic rings. The fourth-order valence-electron chi connectivity index (χ4n) is 1.21. The maximum atomic E-state index is 2.36. The third-order valence-corrected chi connectivity index (χ3v) is 2.93. The summed E-state index contributed by atoms with van der Waals surface area (Å²) in [6, 6.07) is 0. The fraction of sp³-hybridized carbons (Fsp3) is 1.00. The first-order valence-corrected chi connectivity index (χ1v) is 4.46. The highest BCUT2D eigenvalue weighted by atomic mass is 13.2. The zero-order chi connectivity index (χ0) is 8.31. The van der Waals surface area contributed by atoms with Gasteiger partial charge in [0.15, 0.2) is 0 Å². The van der Waals surface area contributed by atoms with Crippen molar-refractivity contribution in [1.82, 2.24) is 0 Å². The van der Waals surface area contributed by atoms with Crippen molar-refractivity contribution in [2.45, 2.75) is 6.82 Å². The lowest BCUT2D eigenvalue weighted by Gasteiger charge is -2.19. The second-order valence-electron chi connectivity index (χ2n) is 4.21. The molecule has 0 radical (unpaired) electrons. The van der Waals surface area contributed by atoms with Crippen LogP contribution in [-0.4, -0.2) is 64.3 Å². The quantitative estimate of drug-likeness (QED) is 0.328. The van der Waals surface area contributed by atoms with Gasteiger partial charge in [0.05, 0.1) is 38.7 Å². The van der Waals surface area contributed by atoms with Crippen LogP contribution < -0.4 is 0 Å². The zero-order valence-corrected chi connectivity index (χ0v) is 8.31. The van der Waals surface area contributed by atoms with Crippen LogP contribution in [0.1, 0.15) is 0 Å². The van der Waals surface area contributed by atoms with Gasteiger partial charge in [-0.1, -0.05) is 0 Å². The SMILES string of the molecule is BB(B)B(B)B(C)B(B)B. The number of rotatable bonds is 3. The predicted molar refractivity (Wildman–Crippen MR) is 71.6 cm³/mol. The normalized spacial score (nSPS) is 8.50. The van der Waals surface area contributed by atoms with Crippen LogP contribution >= 0.6 is 0 Å². The number of hydrogen-bond acceptors (Lipinski definition) is 0. The Labute approximate surface area is 71.7 Å². The molecule has 44 valence electrons. The fourth-order valence-corrected chi connectivity index (χ4v) is 1.21. The molecule has 0 N–H and O–H groups in total. The van der Waals surface area contributed by atoms with Crippen LogP contribution in [0.15, 0.2) is 0 Å². The molecule has 0 amide bonds. The summed E-state index contributed by atoms with van der Waals surface area (Å²) in [5.41, 5.74) is 0. The minimum atomic E-state index is 0.831. The molecule has 0 nitrogen and oxygen atoms in total. The molecule has 0 atom stereocenters. The van der Waals surface area contributed by atoms with Crippen LogP contribution in [0.3, 0.4) is 0 Å². The Balaban J connectivity index is 3.81. The molecule has 9 heteroatoms. The van der Waals surface area contributed by atoms with Crippen molar-refractivity contribution < 1.29 is 0 Å². The molecule has 0 fully saturated rings. The monoisotopic (exact) mass is 124 g/mol. The third-order valence-electron chi connectivity index (χ3n) is 2.93. The smallest absolute Gasteiger partial charge is 0.0560 e. The average molecular weight is 122 g/mol. The van der Waals surface area contributed by atoms with E-state index in [1.807, 2.05) is 0 Å². The molecular formula is CH13B9.